The zero-order valence-electron chi connectivity index (χ0n) is 18.8. The van der Waals surface area contributed by atoms with Crippen LogP contribution in [0.3, 0.4) is 0 Å². The van der Waals surface area contributed by atoms with Crippen molar-refractivity contribution in [2.24, 2.45) is 0 Å². The fourth-order valence-electron chi connectivity index (χ4n) is 3.69. The molecule has 0 radical (unpaired) electrons. The molecule has 1 N–H and O–H groups in total. The number of amides is 1. The maximum atomic E-state index is 13.3. The quantitative estimate of drug-likeness (QED) is 0.413. The van der Waals surface area contributed by atoms with Gasteiger partial charge in [0, 0.05) is 17.5 Å². The first-order valence-corrected chi connectivity index (χ1v) is 10.6. The van der Waals surface area contributed by atoms with Crippen molar-refractivity contribution in [3.63, 3.8) is 0 Å². The summed E-state index contributed by atoms with van der Waals surface area (Å²) in [6.45, 7) is 3.09. The van der Waals surface area contributed by atoms with Gasteiger partial charge in [0.1, 0.15) is 12.2 Å². The van der Waals surface area contributed by atoms with Gasteiger partial charge in [-0.2, -0.15) is 13.2 Å². The Labute approximate surface area is 198 Å². The summed E-state index contributed by atoms with van der Waals surface area (Å²) in [6, 6.07) is 14.4. The number of pyridine rings is 2. The van der Waals surface area contributed by atoms with Gasteiger partial charge in [-0.15, -0.1) is 0 Å². The molecule has 0 saturated carbocycles. The summed E-state index contributed by atoms with van der Waals surface area (Å²) in [5.41, 5.74) is -0.151. The lowest BCUT2D eigenvalue weighted by Gasteiger charge is -2.16. The molecule has 4 aromatic rings. The lowest BCUT2D eigenvalue weighted by atomic mass is 10.0. The van der Waals surface area contributed by atoms with Gasteiger partial charge >= 0.3 is 6.18 Å². The first-order chi connectivity index (χ1) is 16.5. The molecule has 0 atom stereocenters. The second-order valence-electron chi connectivity index (χ2n) is 8.11. The molecule has 2 heterocycles. The number of aromatic nitrogens is 2. The fraction of sp³-hybridized carbons (Fsp3) is 0.154. The van der Waals surface area contributed by atoms with E-state index < -0.39 is 41.1 Å². The second-order valence-corrected chi connectivity index (χ2v) is 8.11. The molecule has 9 heteroatoms. The first kappa shape index (κ1) is 23.9. The van der Waals surface area contributed by atoms with Gasteiger partial charge in [0.2, 0.25) is 11.3 Å². The number of para-hydroxylation sites is 1. The van der Waals surface area contributed by atoms with Crippen LogP contribution in [-0.2, 0) is 17.5 Å². The number of nitrogens with zero attached hydrogens (tertiary/aromatic N) is 2. The number of aryl methyl sites for hydroxylation is 2. The summed E-state index contributed by atoms with van der Waals surface area (Å²) in [4.78, 5) is 43.3. The molecule has 0 fully saturated rings. The van der Waals surface area contributed by atoms with Crippen molar-refractivity contribution < 1.29 is 22.8 Å². The molecule has 1 amide bonds. The van der Waals surface area contributed by atoms with Gasteiger partial charge in [-0.25, -0.2) is 4.98 Å². The highest BCUT2D eigenvalue weighted by Gasteiger charge is 2.33. The highest BCUT2D eigenvalue weighted by molar-refractivity contribution is 6.10. The van der Waals surface area contributed by atoms with E-state index in [1.54, 1.807) is 37.3 Å². The molecule has 0 aliphatic rings. The molecule has 0 unspecified atom stereocenters. The number of alkyl halides is 3. The number of carbonyl (C=O) groups excluding carboxylic acids is 2. The first-order valence-electron chi connectivity index (χ1n) is 10.6. The van der Waals surface area contributed by atoms with E-state index in [-0.39, 0.29) is 16.6 Å². The van der Waals surface area contributed by atoms with Crippen LogP contribution in [0, 0.1) is 13.8 Å². The maximum absolute atomic E-state index is 13.3. The SMILES string of the molecule is Cc1ccc(C(=O)c2cn(CC(=O)Nc3ccccc3C(F)(F)F)c3nc(C)ccc3c2=O)cc1. The Morgan fingerprint density at radius 3 is 2.34 bits per heavy atom. The predicted octanol–water partition coefficient (Wildman–Crippen LogP) is 4.90. The Morgan fingerprint density at radius 2 is 1.66 bits per heavy atom. The lowest BCUT2D eigenvalue weighted by molar-refractivity contribution is -0.137. The molecule has 2 aromatic heterocycles. The summed E-state index contributed by atoms with van der Waals surface area (Å²) >= 11 is 0. The molecule has 35 heavy (non-hydrogen) atoms. The summed E-state index contributed by atoms with van der Waals surface area (Å²) < 4.78 is 41.2. The third-order valence-electron chi connectivity index (χ3n) is 5.44. The van der Waals surface area contributed by atoms with Crippen LogP contribution in [0.25, 0.3) is 11.0 Å². The Morgan fingerprint density at radius 1 is 0.971 bits per heavy atom. The van der Waals surface area contributed by atoms with Crippen molar-refractivity contribution in [3.05, 3.63) is 105 Å². The molecule has 4 rings (SSSR count). The van der Waals surface area contributed by atoms with Crippen molar-refractivity contribution in [1.82, 2.24) is 9.55 Å². The van der Waals surface area contributed by atoms with Crippen LogP contribution >= 0.6 is 0 Å². The number of fused-ring (bicyclic) bond motifs is 1. The Balaban J connectivity index is 1.76. The Kier molecular flexibility index (Phi) is 6.26. The van der Waals surface area contributed by atoms with Crippen LogP contribution in [-0.4, -0.2) is 21.2 Å². The maximum Gasteiger partial charge on any atom is 0.418 e. The molecule has 0 aliphatic carbocycles. The molecule has 0 aliphatic heterocycles. The van der Waals surface area contributed by atoms with E-state index in [1.807, 2.05) is 6.92 Å². The third kappa shape index (κ3) is 4.98. The molecular weight excluding hydrogens is 459 g/mol. The number of carbonyl (C=O) groups is 2. The minimum absolute atomic E-state index is 0.122. The molecule has 178 valence electrons. The van der Waals surface area contributed by atoms with Gasteiger partial charge in [0.05, 0.1) is 22.2 Å². The second kappa shape index (κ2) is 9.17. The fourth-order valence-corrected chi connectivity index (χ4v) is 3.69. The number of rotatable bonds is 5. The molecular formula is C26H20F3N3O3. The van der Waals surface area contributed by atoms with Crippen molar-refractivity contribution in [2.75, 3.05) is 5.32 Å². The molecule has 2 aromatic carbocycles. The van der Waals surface area contributed by atoms with Gasteiger partial charge in [-0.1, -0.05) is 42.0 Å². The monoisotopic (exact) mass is 479 g/mol. The van der Waals surface area contributed by atoms with Crippen LogP contribution in [0.4, 0.5) is 18.9 Å². The van der Waals surface area contributed by atoms with Crippen molar-refractivity contribution in [1.29, 1.82) is 0 Å². The molecule has 0 bridgehead atoms. The van der Waals surface area contributed by atoms with Crippen molar-refractivity contribution in [3.8, 4) is 0 Å². The normalized spacial score (nSPS) is 11.5. The van der Waals surface area contributed by atoms with Gasteiger partial charge < -0.3 is 9.88 Å². The van der Waals surface area contributed by atoms with Crippen LogP contribution in [0.15, 0.2) is 71.7 Å². The zero-order chi connectivity index (χ0) is 25.3. The Bertz CT molecular complexity index is 1510. The molecule has 0 saturated heterocycles. The van der Waals surface area contributed by atoms with E-state index in [1.165, 1.54) is 29.0 Å². The summed E-state index contributed by atoms with van der Waals surface area (Å²) in [6.07, 6.45) is -3.42. The number of hydrogen-bond acceptors (Lipinski definition) is 4. The molecule has 0 spiro atoms. The standard InChI is InChI=1S/C26H20F3N3O3/c1-15-7-10-17(11-8-15)23(34)19-13-32(25-18(24(19)35)12-9-16(2)30-25)14-22(33)31-21-6-4-3-5-20(21)26(27,28)29/h3-13H,14H2,1-2H3,(H,31,33). The van der Waals surface area contributed by atoms with E-state index in [4.69, 9.17) is 0 Å². The minimum atomic E-state index is -4.65. The number of nitrogens with one attached hydrogen (secondary N) is 1. The highest BCUT2D eigenvalue weighted by atomic mass is 19.4. The van der Waals surface area contributed by atoms with Crippen molar-refractivity contribution >= 4 is 28.4 Å². The van der Waals surface area contributed by atoms with Crippen LogP contribution in [0.5, 0.6) is 0 Å². The van der Waals surface area contributed by atoms with E-state index in [2.05, 4.69) is 10.3 Å². The van der Waals surface area contributed by atoms with Crippen LogP contribution in [0.2, 0.25) is 0 Å². The lowest BCUT2D eigenvalue weighted by Crippen LogP contribution is -2.25. The predicted molar refractivity (Wildman–Crippen MR) is 125 cm³/mol. The molecule has 6 nitrogen and oxygen atoms in total. The summed E-state index contributed by atoms with van der Waals surface area (Å²) in [7, 11) is 0. The van der Waals surface area contributed by atoms with E-state index >= 15 is 0 Å². The summed E-state index contributed by atoms with van der Waals surface area (Å²) in [5.74, 6) is -1.31. The summed E-state index contributed by atoms with van der Waals surface area (Å²) in [5, 5.41) is 2.40. The van der Waals surface area contributed by atoms with E-state index in [0.29, 0.717) is 11.3 Å². The minimum Gasteiger partial charge on any atom is -0.324 e. The number of halogens is 3. The smallest absolute Gasteiger partial charge is 0.324 e. The van der Waals surface area contributed by atoms with E-state index in [0.717, 1.165) is 17.7 Å². The Hall–Kier alpha value is -4.27. The van der Waals surface area contributed by atoms with Gasteiger partial charge in [0.25, 0.3) is 0 Å². The van der Waals surface area contributed by atoms with Gasteiger partial charge in [-0.05, 0) is 38.1 Å². The number of benzene rings is 2. The highest BCUT2D eigenvalue weighted by Crippen LogP contribution is 2.34. The zero-order valence-corrected chi connectivity index (χ0v) is 18.8. The average molecular weight is 479 g/mol. The largest absolute Gasteiger partial charge is 0.418 e. The van der Waals surface area contributed by atoms with Gasteiger partial charge in [-0.3, -0.25) is 14.4 Å². The number of ketones is 1. The van der Waals surface area contributed by atoms with Crippen molar-refractivity contribution in [2.45, 2.75) is 26.6 Å². The average Bonchev–Trinajstić information content (AvgIpc) is 2.80. The topological polar surface area (TPSA) is 81.1 Å². The number of anilines is 1. The third-order valence-corrected chi connectivity index (χ3v) is 5.44. The number of hydrogen-bond donors (Lipinski definition) is 1. The van der Waals surface area contributed by atoms with Crippen LogP contribution < -0.4 is 10.7 Å². The van der Waals surface area contributed by atoms with E-state index in [9.17, 15) is 27.6 Å². The van der Waals surface area contributed by atoms with Crippen LogP contribution in [0.1, 0.15) is 32.7 Å². The van der Waals surface area contributed by atoms with Gasteiger partial charge in [0.15, 0.2) is 5.78 Å².